The predicted octanol–water partition coefficient (Wildman–Crippen LogP) is 8.69. The number of rotatable bonds is 7. The third kappa shape index (κ3) is 4.36. The first kappa shape index (κ1) is 20.4. The number of halogens is 2. The molecule has 3 aromatic carbocycles. The molecule has 0 saturated heterocycles. The molecule has 1 aliphatic carbocycles. The SMILES string of the molecule is CCCCCCC[C@@H]1CCc2c(ccc3c(F)cccc23)[C@H]1c1ccc(Cl)cc1. The van der Waals surface area contributed by atoms with Gasteiger partial charge in [0.15, 0.2) is 0 Å². The molecule has 29 heavy (non-hydrogen) atoms. The van der Waals surface area contributed by atoms with Gasteiger partial charge < -0.3 is 0 Å². The normalized spacial score (nSPS) is 18.7. The second-order valence-corrected chi connectivity index (χ2v) is 8.94. The molecule has 0 spiro atoms. The number of benzene rings is 3. The van der Waals surface area contributed by atoms with Gasteiger partial charge in [-0.25, -0.2) is 4.39 Å². The lowest BCUT2D eigenvalue weighted by Crippen LogP contribution is -2.22. The molecule has 0 unspecified atom stereocenters. The minimum absolute atomic E-state index is 0.119. The lowest BCUT2D eigenvalue weighted by atomic mass is 9.69. The standard InChI is InChI=1S/C27H30ClF/c1-2-3-4-5-6-8-19-13-16-23-22-9-7-10-26(29)24(22)17-18-25(23)27(19)20-11-14-21(28)15-12-20/h7,9-12,14-15,17-19,27H,2-6,8,13,16H2,1H3/t19-,27-/m1/s1. The van der Waals surface area contributed by atoms with Crippen LogP contribution in [0.15, 0.2) is 54.6 Å². The highest BCUT2D eigenvalue weighted by atomic mass is 35.5. The molecule has 0 aliphatic heterocycles. The van der Waals surface area contributed by atoms with Gasteiger partial charge in [0, 0.05) is 16.3 Å². The van der Waals surface area contributed by atoms with Crippen LogP contribution < -0.4 is 0 Å². The largest absolute Gasteiger partial charge is 0.206 e. The molecule has 0 heterocycles. The summed E-state index contributed by atoms with van der Waals surface area (Å²) in [6.45, 7) is 2.27. The molecule has 0 aromatic heterocycles. The third-order valence-electron chi connectivity index (χ3n) is 6.64. The molecule has 1 aliphatic rings. The minimum Gasteiger partial charge on any atom is -0.206 e. The van der Waals surface area contributed by atoms with Crippen LogP contribution in [0.4, 0.5) is 4.39 Å². The summed E-state index contributed by atoms with van der Waals surface area (Å²) in [5, 5.41) is 2.61. The Morgan fingerprint density at radius 3 is 2.48 bits per heavy atom. The Labute approximate surface area is 179 Å². The predicted molar refractivity (Wildman–Crippen MR) is 122 cm³/mol. The van der Waals surface area contributed by atoms with E-state index in [4.69, 9.17) is 11.6 Å². The molecule has 2 atom stereocenters. The average Bonchev–Trinajstić information content (AvgIpc) is 2.74. The van der Waals surface area contributed by atoms with Gasteiger partial charge in [-0.05, 0) is 65.5 Å². The molecule has 0 nitrogen and oxygen atoms in total. The van der Waals surface area contributed by atoms with E-state index in [1.165, 1.54) is 61.6 Å². The molecule has 0 saturated carbocycles. The van der Waals surface area contributed by atoms with E-state index < -0.39 is 0 Å². The first-order chi connectivity index (χ1) is 14.2. The number of hydrogen-bond acceptors (Lipinski definition) is 0. The van der Waals surface area contributed by atoms with Crippen LogP contribution in [0.25, 0.3) is 10.8 Å². The lowest BCUT2D eigenvalue weighted by Gasteiger charge is -2.35. The van der Waals surface area contributed by atoms with Gasteiger partial charge in [0.2, 0.25) is 0 Å². The van der Waals surface area contributed by atoms with Crippen molar-refractivity contribution in [3.63, 3.8) is 0 Å². The first-order valence-electron chi connectivity index (χ1n) is 11.1. The molecule has 3 aromatic rings. The monoisotopic (exact) mass is 408 g/mol. The summed E-state index contributed by atoms with van der Waals surface area (Å²) in [5.41, 5.74) is 4.06. The Morgan fingerprint density at radius 1 is 0.897 bits per heavy atom. The molecule has 0 radical (unpaired) electrons. The van der Waals surface area contributed by atoms with Gasteiger partial charge in [0.25, 0.3) is 0 Å². The van der Waals surface area contributed by atoms with Gasteiger partial charge in [-0.2, -0.15) is 0 Å². The fourth-order valence-corrected chi connectivity index (χ4v) is 5.29. The van der Waals surface area contributed by atoms with E-state index >= 15 is 0 Å². The summed E-state index contributed by atoms with van der Waals surface area (Å²) < 4.78 is 14.4. The molecule has 4 rings (SSSR count). The Hall–Kier alpha value is -1.86. The quantitative estimate of drug-likeness (QED) is 0.343. The van der Waals surface area contributed by atoms with Gasteiger partial charge >= 0.3 is 0 Å². The number of fused-ring (bicyclic) bond motifs is 3. The molecular formula is C27H30ClF. The third-order valence-corrected chi connectivity index (χ3v) is 6.89. The maximum Gasteiger partial charge on any atom is 0.131 e. The fraction of sp³-hybridized carbons (Fsp3) is 0.407. The summed E-state index contributed by atoms with van der Waals surface area (Å²) in [7, 11) is 0. The summed E-state index contributed by atoms with van der Waals surface area (Å²) in [4.78, 5) is 0. The van der Waals surface area contributed by atoms with Crippen molar-refractivity contribution in [3.8, 4) is 0 Å². The van der Waals surface area contributed by atoms with Crippen molar-refractivity contribution in [2.24, 2.45) is 5.92 Å². The average molecular weight is 409 g/mol. The Kier molecular flexibility index (Phi) is 6.55. The second-order valence-electron chi connectivity index (χ2n) is 8.50. The van der Waals surface area contributed by atoms with Crippen molar-refractivity contribution in [3.05, 3.63) is 82.1 Å². The molecule has 0 fully saturated rings. The number of hydrogen-bond donors (Lipinski definition) is 0. The lowest BCUT2D eigenvalue weighted by molar-refractivity contribution is 0.367. The van der Waals surface area contributed by atoms with Crippen LogP contribution in [0.2, 0.25) is 5.02 Å². The van der Waals surface area contributed by atoms with Crippen LogP contribution in [0, 0.1) is 11.7 Å². The first-order valence-corrected chi connectivity index (χ1v) is 11.5. The van der Waals surface area contributed by atoms with E-state index in [2.05, 4.69) is 31.2 Å². The summed E-state index contributed by atoms with van der Waals surface area (Å²) in [6, 6.07) is 18.0. The highest BCUT2D eigenvalue weighted by molar-refractivity contribution is 6.30. The fourth-order valence-electron chi connectivity index (χ4n) is 5.16. The van der Waals surface area contributed by atoms with Gasteiger partial charge in [-0.3, -0.25) is 0 Å². The van der Waals surface area contributed by atoms with E-state index in [9.17, 15) is 4.39 Å². The van der Waals surface area contributed by atoms with Gasteiger partial charge in [-0.1, -0.05) is 87.0 Å². The van der Waals surface area contributed by atoms with E-state index in [0.29, 0.717) is 11.8 Å². The zero-order valence-corrected chi connectivity index (χ0v) is 18.0. The topological polar surface area (TPSA) is 0 Å². The van der Waals surface area contributed by atoms with Crippen molar-refractivity contribution < 1.29 is 4.39 Å². The smallest absolute Gasteiger partial charge is 0.131 e. The van der Waals surface area contributed by atoms with Gasteiger partial charge in [0.1, 0.15) is 5.82 Å². The molecule has 2 heteroatoms. The minimum atomic E-state index is -0.119. The van der Waals surface area contributed by atoms with E-state index in [1.54, 1.807) is 6.07 Å². The van der Waals surface area contributed by atoms with E-state index in [0.717, 1.165) is 22.2 Å². The maximum atomic E-state index is 14.4. The van der Waals surface area contributed by atoms with Crippen LogP contribution in [-0.2, 0) is 6.42 Å². The zero-order valence-electron chi connectivity index (χ0n) is 17.3. The Bertz CT molecular complexity index is 960. The van der Waals surface area contributed by atoms with Crippen LogP contribution in [0.5, 0.6) is 0 Å². The molecule has 0 bridgehead atoms. The summed E-state index contributed by atoms with van der Waals surface area (Å²) in [6.07, 6.45) is 10.1. The van der Waals surface area contributed by atoms with Crippen molar-refractivity contribution in [2.45, 2.75) is 64.2 Å². The van der Waals surface area contributed by atoms with Crippen molar-refractivity contribution in [1.82, 2.24) is 0 Å². The van der Waals surface area contributed by atoms with Crippen LogP contribution >= 0.6 is 11.6 Å². The van der Waals surface area contributed by atoms with Crippen molar-refractivity contribution >= 4 is 22.4 Å². The molecular weight excluding hydrogens is 379 g/mol. The number of aryl methyl sites for hydroxylation is 1. The summed E-state index contributed by atoms with van der Waals surface area (Å²) >= 11 is 6.17. The van der Waals surface area contributed by atoms with Crippen molar-refractivity contribution in [1.29, 1.82) is 0 Å². The summed E-state index contributed by atoms with van der Waals surface area (Å²) in [5.74, 6) is 0.887. The van der Waals surface area contributed by atoms with Crippen LogP contribution in [-0.4, -0.2) is 0 Å². The zero-order chi connectivity index (χ0) is 20.2. The van der Waals surface area contributed by atoms with Crippen LogP contribution in [0.1, 0.15) is 74.5 Å². The highest BCUT2D eigenvalue weighted by Gasteiger charge is 2.31. The Balaban J connectivity index is 1.69. The molecule has 0 amide bonds. The number of unbranched alkanes of at least 4 members (excludes halogenated alkanes) is 4. The molecule has 0 N–H and O–H groups in total. The molecule has 152 valence electrons. The van der Waals surface area contributed by atoms with Gasteiger partial charge in [-0.15, -0.1) is 0 Å². The highest BCUT2D eigenvalue weighted by Crippen LogP contribution is 2.45. The van der Waals surface area contributed by atoms with Crippen LogP contribution in [0.3, 0.4) is 0 Å². The Morgan fingerprint density at radius 2 is 1.69 bits per heavy atom. The van der Waals surface area contributed by atoms with Crippen molar-refractivity contribution in [2.75, 3.05) is 0 Å². The second kappa shape index (κ2) is 9.30. The van der Waals surface area contributed by atoms with Gasteiger partial charge in [0.05, 0.1) is 0 Å². The van der Waals surface area contributed by atoms with E-state index in [-0.39, 0.29) is 5.82 Å². The maximum absolute atomic E-state index is 14.4. The van der Waals surface area contributed by atoms with E-state index in [1.807, 2.05) is 24.3 Å².